The van der Waals surface area contributed by atoms with Gasteiger partial charge >= 0.3 is 5.82 Å². The Hall–Kier alpha value is -10.5. The highest BCUT2D eigenvalue weighted by Gasteiger charge is 2.19. The van der Waals surface area contributed by atoms with Crippen molar-refractivity contribution in [2.24, 2.45) is 27.5 Å². The summed E-state index contributed by atoms with van der Waals surface area (Å²) in [6.45, 7) is 30.0. The fourth-order valence-corrected chi connectivity index (χ4v) is 10.3. The lowest BCUT2D eigenvalue weighted by atomic mass is 9.84. The molecule has 1 aliphatic carbocycles. The summed E-state index contributed by atoms with van der Waals surface area (Å²) in [4.78, 5) is 33.6. The SMILES string of the molecule is CCN(CC)c1ccc(N=Nc2c(C#N)cc(C)cc2C#N)c(NS(C)(=O)=O)c1.Cc1c(C#N)c(O)n(C)c(=O)c1N=Nc1ccc(COOCc2ccccc2)cc1.[C-]#[N+]C(=Cc1ccc(N(CC)CCOc2ccc(C3CCCCC3)cc2)cc1C)[N+]#[C-]. The Kier molecular flexibility index (Phi) is 26.1. The van der Waals surface area contributed by atoms with Crippen LogP contribution < -0.4 is 24.8 Å². The second-order valence-electron chi connectivity index (χ2n) is 21.0. The molecule has 0 aliphatic heterocycles. The lowest BCUT2D eigenvalue weighted by Crippen LogP contribution is -2.28. The van der Waals surface area contributed by atoms with Crippen molar-refractivity contribution in [3.05, 3.63) is 222 Å². The Balaban J connectivity index is 0.000000215. The minimum Gasteiger partial charge on any atom is -0.493 e. The fraction of sp³-hybridized carbons (Fsp3) is 0.304. The number of nitriles is 3. The van der Waals surface area contributed by atoms with Crippen LogP contribution in [0.15, 0.2) is 158 Å². The van der Waals surface area contributed by atoms with E-state index in [-0.39, 0.29) is 57.4 Å². The molecular weight excluding hydrogens is 1150 g/mol. The van der Waals surface area contributed by atoms with Crippen LogP contribution in [0.3, 0.4) is 0 Å². The Morgan fingerprint density at radius 3 is 1.89 bits per heavy atom. The maximum Gasteiger partial charge on any atom is 0.519 e. The minimum absolute atomic E-state index is 0.00551. The number of likely N-dealkylation sites (N-methyl/N-ethyl adjacent to an activating group) is 1. The van der Waals surface area contributed by atoms with Gasteiger partial charge in [0.15, 0.2) is 5.69 Å². The molecule has 0 saturated heterocycles. The van der Waals surface area contributed by atoms with E-state index in [4.69, 9.17) is 27.7 Å². The van der Waals surface area contributed by atoms with Crippen LogP contribution in [-0.2, 0) is 40.1 Å². The van der Waals surface area contributed by atoms with Crippen molar-refractivity contribution in [1.82, 2.24) is 4.57 Å². The smallest absolute Gasteiger partial charge is 0.493 e. The van der Waals surface area contributed by atoms with Crippen molar-refractivity contribution in [3.8, 4) is 29.8 Å². The summed E-state index contributed by atoms with van der Waals surface area (Å²) in [5.41, 5.74) is 9.46. The van der Waals surface area contributed by atoms with Gasteiger partial charge in [-0.15, -0.1) is 15.3 Å². The molecule has 21 heteroatoms. The van der Waals surface area contributed by atoms with E-state index < -0.39 is 21.5 Å². The van der Waals surface area contributed by atoms with Crippen molar-refractivity contribution in [3.63, 3.8) is 0 Å². The van der Waals surface area contributed by atoms with Gasteiger partial charge in [0.25, 0.3) is 5.56 Å². The molecule has 0 bridgehead atoms. The number of sulfonamides is 1. The average molecular weight is 1230 g/mol. The monoisotopic (exact) mass is 1230 g/mol. The third kappa shape index (κ3) is 19.8. The highest BCUT2D eigenvalue weighted by Crippen LogP contribution is 2.36. The first kappa shape index (κ1) is 68.6. The van der Waals surface area contributed by atoms with Gasteiger partial charge in [-0.3, -0.25) is 14.1 Å². The molecule has 0 unspecified atom stereocenters. The quantitative estimate of drug-likeness (QED) is 0.0211. The fourth-order valence-electron chi connectivity index (χ4n) is 9.78. The van der Waals surface area contributed by atoms with Crippen LogP contribution in [0.25, 0.3) is 15.8 Å². The van der Waals surface area contributed by atoms with Gasteiger partial charge in [-0.2, -0.15) is 30.6 Å². The molecule has 2 N–H and O–H groups in total. The summed E-state index contributed by atoms with van der Waals surface area (Å²) in [6, 6.07) is 45.9. The zero-order valence-electron chi connectivity index (χ0n) is 51.9. The molecule has 0 amide bonds. The number of ether oxygens (including phenoxy) is 1. The van der Waals surface area contributed by atoms with Crippen molar-refractivity contribution in [1.29, 1.82) is 15.8 Å². The van der Waals surface area contributed by atoms with E-state index in [9.17, 15) is 34.1 Å². The van der Waals surface area contributed by atoms with Crippen LogP contribution in [0, 0.1) is 67.9 Å². The summed E-state index contributed by atoms with van der Waals surface area (Å²) in [7, 11) is -2.18. The first-order valence-electron chi connectivity index (χ1n) is 29.3. The Bertz CT molecular complexity index is 4040. The van der Waals surface area contributed by atoms with Crippen LogP contribution in [0.4, 0.5) is 39.8 Å². The molecule has 1 aliphatic rings. The first-order chi connectivity index (χ1) is 43.4. The van der Waals surface area contributed by atoms with Gasteiger partial charge in [0, 0.05) is 49.7 Å². The summed E-state index contributed by atoms with van der Waals surface area (Å²) in [6.07, 6.45) is 9.43. The van der Waals surface area contributed by atoms with Crippen LogP contribution in [0.5, 0.6) is 11.6 Å². The molecule has 0 spiro atoms. The highest BCUT2D eigenvalue weighted by molar-refractivity contribution is 7.92. The summed E-state index contributed by atoms with van der Waals surface area (Å²) in [5, 5.41) is 54.1. The van der Waals surface area contributed by atoms with Gasteiger partial charge in [-0.1, -0.05) is 79.9 Å². The predicted molar refractivity (Wildman–Crippen MR) is 351 cm³/mol. The molecule has 7 aromatic rings. The summed E-state index contributed by atoms with van der Waals surface area (Å²) >= 11 is 0. The van der Waals surface area contributed by atoms with Crippen molar-refractivity contribution in [2.75, 3.05) is 53.6 Å². The number of rotatable bonds is 22. The molecule has 1 aromatic heterocycles. The van der Waals surface area contributed by atoms with E-state index in [0.717, 1.165) is 87.9 Å². The van der Waals surface area contributed by atoms with Crippen LogP contribution in [-0.4, -0.2) is 57.1 Å². The molecule has 1 saturated carbocycles. The van der Waals surface area contributed by atoms with E-state index in [1.54, 1.807) is 56.3 Å². The van der Waals surface area contributed by atoms with Gasteiger partial charge in [0.2, 0.25) is 15.9 Å². The number of aryl methyl sites for hydroxylation is 2. The number of aromatic hydroxyl groups is 1. The van der Waals surface area contributed by atoms with E-state index in [2.05, 4.69) is 81.9 Å². The van der Waals surface area contributed by atoms with Crippen molar-refractivity contribution >= 4 is 55.9 Å². The molecule has 1 heterocycles. The van der Waals surface area contributed by atoms with Crippen LogP contribution in [0.1, 0.15) is 114 Å². The van der Waals surface area contributed by atoms with Crippen LogP contribution in [0.2, 0.25) is 0 Å². The Morgan fingerprint density at radius 1 is 0.733 bits per heavy atom. The highest BCUT2D eigenvalue weighted by atomic mass is 32.2. The number of azo groups is 2. The van der Waals surface area contributed by atoms with Gasteiger partial charge in [0.05, 0.1) is 35.3 Å². The number of anilines is 3. The molecule has 8 rings (SSSR count). The van der Waals surface area contributed by atoms with Crippen molar-refractivity contribution in [2.45, 2.75) is 92.8 Å². The van der Waals surface area contributed by atoms with Crippen LogP contribution >= 0.6 is 0 Å². The number of nitrogens with one attached hydrogen (secondary N) is 1. The molecule has 6 aromatic carbocycles. The number of benzene rings is 6. The van der Waals surface area contributed by atoms with E-state index >= 15 is 0 Å². The molecular formula is C69H73N13O7S. The third-order valence-corrected chi connectivity index (χ3v) is 15.3. The maximum absolute atomic E-state index is 12.3. The lowest BCUT2D eigenvalue weighted by molar-refractivity contribution is -0.313. The number of hydrogen-bond donors (Lipinski definition) is 2. The normalized spacial score (nSPS) is 11.9. The number of hydrogen-bond acceptors (Lipinski definition) is 16. The topological polar surface area (TPSA) is 252 Å². The Labute approximate surface area is 527 Å². The van der Waals surface area contributed by atoms with Crippen molar-refractivity contribution < 1.29 is 28.0 Å². The summed E-state index contributed by atoms with van der Waals surface area (Å²) in [5.74, 6) is 1.35. The number of aromatic nitrogens is 1. The molecule has 90 heavy (non-hydrogen) atoms. The predicted octanol–water partition coefficient (Wildman–Crippen LogP) is 15.8. The zero-order valence-corrected chi connectivity index (χ0v) is 52.8. The second-order valence-corrected chi connectivity index (χ2v) is 22.8. The number of nitrogens with zero attached hydrogens (tertiary/aromatic N) is 12. The zero-order chi connectivity index (χ0) is 65.2. The average Bonchev–Trinajstić information content (AvgIpc) is 3.82. The first-order valence-corrected chi connectivity index (χ1v) is 31.2. The third-order valence-electron chi connectivity index (χ3n) is 14.7. The van der Waals surface area contributed by atoms with E-state index in [1.165, 1.54) is 44.7 Å². The standard InChI is InChI=1S/C27H31N3O.C22H20N4O4.C20H22N6O2S/c1-5-30(25-14-11-24(21(2)19-25)20-27(28-3)29-4)17-18-31-26-15-12-23(13-16-26)22-9-7-6-8-10-22;1-15-19(12-23)21(27)26(2)22(28)20(15)25-24-18-10-8-17(9-11-18)14-30-29-13-16-6-4-3-5-7-16;1-5-26(6-2)17-7-8-18(19(11-17)25-29(4,27)28)23-24-20-15(12-21)9-14(3)10-16(20)13-22/h11-16,19-20,22H,5-10,17-18H2,1-2H3;3-11,27H,13-14H2,1-2H3;7-11,25H,5-6H2,1-4H3. The van der Waals surface area contributed by atoms with E-state index in [1.807, 2.05) is 99.6 Å². The molecule has 1 fully saturated rings. The molecule has 0 atom stereocenters. The maximum atomic E-state index is 12.3. The van der Waals surface area contributed by atoms with Gasteiger partial charge < -0.3 is 19.6 Å². The molecule has 20 nitrogen and oxygen atoms in total. The molecule has 462 valence electrons. The largest absolute Gasteiger partial charge is 0.519 e. The summed E-state index contributed by atoms with van der Waals surface area (Å²) < 4.78 is 33.1. The molecule has 0 radical (unpaired) electrons. The lowest BCUT2D eigenvalue weighted by Gasteiger charge is -2.24. The van der Waals surface area contributed by atoms with Gasteiger partial charge in [-0.25, -0.2) is 18.2 Å². The second kappa shape index (κ2) is 34.2. The Morgan fingerprint density at radius 2 is 1.32 bits per heavy atom. The number of pyridine rings is 1. The van der Waals surface area contributed by atoms with Gasteiger partial charge in [-0.05, 0) is 160 Å². The minimum atomic E-state index is -3.54. The van der Waals surface area contributed by atoms with Gasteiger partial charge in [0.1, 0.15) is 73.9 Å². The van der Waals surface area contributed by atoms with E-state index in [0.29, 0.717) is 18.9 Å².